The van der Waals surface area contributed by atoms with Crippen molar-refractivity contribution >= 4 is 39.5 Å². The average Bonchev–Trinajstić information content (AvgIpc) is 0.934. The van der Waals surface area contributed by atoms with E-state index in [2.05, 4.69) is 72.8 Å². The zero-order valence-electron chi connectivity index (χ0n) is 67.3. The molecule has 103 heavy (non-hydrogen) atoms. The molecular formula is C84H160O17P2. The van der Waals surface area contributed by atoms with Gasteiger partial charge in [-0.05, 0) is 69.1 Å². The Morgan fingerprint density at radius 3 is 0.816 bits per heavy atom. The van der Waals surface area contributed by atoms with E-state index in [0.29, 0.717) is 25.7 Å². The summed E-state index contributed by atoms with van der Waals surface area (Å²) in [5.74, 6) is 0.308. The number of phosphoric ester groups is 2. The van der Waals surface area contributed by atoms with Crippen LogP contribution in [0, 0.1) is 17.8 Å². The Hall–Kier alpha value is -2.46. The van der Waals surface area contributed by atoms with Crippen molar-refractivity contribution in [3.63, 3.8) is 0 Å². The highest BCUT2D eigenvalue weighted by molar-refractivity contribution is 7.47. The Balaban J connectivity index is 5.28. The number of unbranched alkanes of at least 4 members (excludes halogenated alkanes) is 42. The first-order chi connectivity index (χ1) is 49.8. The SMILES string of the molecule is CCCCCC/C=C\C=C/CCCCCCCC(=O)OC[C@H](COP(=O)(O)OC[C@@H](O)COP(=O)(O)OC[C@@H](COC(=O)CCCCCCCCCCC(C)CC)OC(=O)CCCCCCCCCCCCC(C)CC)OC(=O)CCCCCCCCCCCCCCCCCCCCC(C)CC. The first kappa shape index (κ1) is 101. The van der Waals surface area contributed by atoms with Crippen molar-refractivity contribution < 1.29 is 80.2 Å². The highest BCUT2D eigenvalue weighted by Crippen LogP contribution is 2.45. The third-order valence-corrected chi connectivity index (χ3v) is 22.0. The Labute approximate surface area is 631 Å². The largest absolute Gasteiger partial charge is 0.472 e. The van der Waals surface area contributed by atoms with E-state index in [1.165, 1.54) is 205 Å². The maximum absolute atomic E-state index is 13.1. The predicted octanol–water partition coefficient (Wildman–Crippen LogP) is 24.9. The van der Waals surface area contributed by atoms with Gasteiger partial charge < -0.3 is 33.8 Å². The summed E-state index contributed by atoms with van der Waals surface area (Å²) < 4.78 is 68.8. The highest BCUT2D eigenvalue weighted by atomic mass is 31.2. The van der Waals surface area contributed by atoms with Crippen molar-refractivity contribution in [2.24, 2.45) is 17.8 Å². The Bertz CT molecular complexity index is 2090. The number of rotatable bonds is 80. The summed E-state index contributed by atoms with van der Waals surface area (Å²) in [6.45, 7) is 12.0. The molecule has 0 rings (SSSR count). The summed E-state index contributed by atoms with van der Waals surface area (Å²) >= 11 is 0. The summed E-state index contributed by atoms with van der Waals surface area (Å²) in [7, 11) is -9.94. The summed E-state index contributed by atoms with van der Waals surface area (Å²) in [5.41, 5.74) is 0. The van der Waals surface area contributed by atoms with Gasteiger partial charge in [-0.25, -0.2) is 9.13 Å². The average molecular weight is 1500 g/mol. The molecule has 0 bridgehead atoms. The van der Waals surface area contributed by atoms with E-state index in [4.69, 9.17) is 37.0 Å². The fraction of sp³-hybridized carbons (Fsp3) is 0.905. The number of carbonyl (C=O) groups excluding carboxylic acids is 4. The summed E-state index contributed by atoms with van der Waals surface area (Å²) in [6, 6.07) is 0. The number of aliphatic hydroxyl groups is 1. The fourth-order valence-electron chi connectivity index (χ4n) is 12.4. The molecule has 608 valence electrons. The minimum absolute atomic E-state index is 0.101. The van der Waals surface area contributed by atoms with Gasteiger partial charge in [-0.3, -0.25) is 37.3 Å². The predicted molar refractivity (Wildman–Crippen MR) is 423 cm³/mol. The molecule has 0 amide bonds. The van der Waals surface area contributed by atoms with E-state index in [9.17, 15) is 43.2 Å². The molecule has 0 aliphatic rings. The van der Waals surface area contributed by atoms with Gasteiger partial charge in [0.25, 0.3) is 0 Å². The Morgan fingerprint density at radius 1 is 0.311 bits per heavy atom. The number of carbonyl (C=O) groups is 4. The number of hydrogen-bond acceptors (Lipinski definition) is 15. The summed E-state index contributed by atoms with van der Waals surface area (Å²) in [4.78, 5) is 73.1. The van der Waals surface area contributed by atoms with Crippen molar-refractivity contribution in [3.05, 3.63) is 24.3 Å². The van der Waals surface area contributed by atoms with Gasteiger partial charge in [0.1, 0.15) is 19.3 Å². The topological polar surface area (TPSA) is 237 Å². The highest BCUT2D eigenvalue weighted by Gasteiger charge is 2.30. The van der Waals surface area contributed by atoms with Gasteiger partial charge >= 0.3 is 39.5 Å². The van der Waals surface area contributed by atoms with Gasteiger partial charge in [0.15, 0.2) is 12.2 Å². The fourth-order valence-corrected chi connectivity index (χ4v) is 14.0. The summed E-state index contributed by atoms with van der Waals surface area (Å²) in [5, 5.41) is 10.7. The lowest BCUT2D eigenvalue weighted by molar-refractivity contribution is -0.161. The molecule has 0 aliphatic heterocycles. The zero-order chi connectivity index (χ0) is 75.8. The number of allylic oxidation sites excluding steroid dienone is 4. The molecule has 0 saturated heterocycles. The monoisotopic (exact) mass is 1500 g/mol. The molecule has 5 unspecified atom stereocenters. The van der Waals surface area contributed by atoms with E-state index in [-0.39, 0.29) is 25.7 Å². The molecule has 8 atom stereocenters. The third kappa shape index (κ3) is 73.5. The first-order valence-electron chi connectivity index (χ1n) is 42.8. The van der Waals surface area contributed by atoms with Crippen LogP contribution in [0.15, 0.2) is 24.3 Å². The van der Waals surface area contributed by atoms with Crippen LogP contribution in [0.2, 0.25) is 0 Å². The van der Waals surface area contributed by atoms with Crippen LogP contribution in [0.5, 0.6) is 0 Å². The molecule has 0 radical (unpaired) electrons. The maximum Gasteiger partial charge on any atom is 0.472 e. The molecule has 0 aromatic carbocycles. The molecular weight excluding hydrogens is 1340 g/mol. The number of hydrogen-bond donors (Lipinski definition) is 3. The standard InChI is InChI=1S/C84H160O17P2/c1-8-12-13-14-15-16-17-18-23-27-30-36-44-51-58-65-81(86)94-71-79(100-83(88)67-60-53-46-37-31-28-25-22-20-19-21-24-26-29-34-41-48-55-62-75(5)9-2)73-98-102(90,91)96-69-78(85)70-97-103(92,93)99-74-80(72-95-82(87)66-59-52-45-40-39-43-50-57-64-77(7)11-4)101-84(89)68-61-54-47-38-33-32-35-42-49-56-63-76(6)10-3/h16-18,23,75-80,85H,8-15,19-22,24-74H2,1-7H3,(H,90,91)(H,92,93)/b17-16-,23-18-/t75?,76?,77?,78-,79-,80-/m1/s1. The molecule has 0 heterocycles. The second-order valence-electron chi connectivity index (χ2n) is 30.3. The summed E-state index contributed by atoms with van der Waals surface area (Å²) in [6.07, 6.45) is 65.9. The first-order valence-corrected chi connectivity index (χ1v) is 45.8. The minimum atomic E-state index is -4.97. The number of aliphatic hydroxyl groups excluding tert-OH is 1. The van der Waals surface area contributed by atoms with Crippen LogP contribution in [0.3, 0.4) is 0 Å². The van der Waals surface area contributed by atoms with Crippen molar-refractivity contribution in [1.29, 1.82) is 0 Å². The lowest BCUT2D eigenvalue weighted by Crippen LogP contribution is -2.30. The van der Waals surface area contributed by atoms with Gasteiger partial charge in [0.2, 0.25) is 0 Å². The lowest BCUT2D eigenvalue weighted by Gasteiger charge is -2.21. The normalized spacial score (nSPS) is 14.9. The molecule has 0 spiro atoms. The smallest absolute Gasteiger partial charge is 0.462 e. The Kier molecular flexibility index (Phi) is 71.9. The second kappa shape index (κ2) is 73.7. The van der Waals surface area contributed by atoms with Crippen LogP contribution in [0.1, 0.15) is 414 Å². The van der Waals surface area contributed by atoms with Crippen LogP contribution in [0.25, 0.3) is 0 Å². The van der Waals surface area contributed by atoms with Crippen LogP contribution in [-0.4, -0.2) is 96.7 Å². The molecule has 0 fully saturated rings. The Morgan fingerprint density at radius 2 is 0.544 bits per heavy atom. The molecule has 0 aromatic rings. The van der Waals surface area contributed by atoms with Crippen LogP contribution in [0.4, 0.5) is 0 Å². The van der Waals surface area contributed by atoms with Crippen molar-refractivity contribution in [2.75, 3.05) is 39.6 Å². The van der Waals surface area contributed by atoms with Crippen molar-refractivity contribution in [3.8, 4) is 0 Å². The van der Waals surface area contributed by atoms with Gasteiger partial charge in [0, 0.05) is 25.7 Å². The van der Waals surface area contributed by atoms with E-state index < -0.39 is 97.5 Å². The molecule has 3 N–H and O–H groups in total. The van der Waals surface area contributed by atoms with Crippen LogP contribution < -0.4 is 0 Å². The van der Waals surface area contributed by atoms with E-state index in [1.807, 2.05) is 0 Å². The quantitative estimate of drug-likeness (QED) is 0.0169. The van der Waals surface area contributed by atoms with Crippen molar-refractivity contribution in [1.82, 2.24) is 0 Å². The molecule has 17 nitrogen and oxygen atoms in total. The van der Waals surface area contributed by atoms with E-state index in [0.717, 1.165) is 127 Å². The number of ether oxygens (including phenoxy) is 4. The van der Waals surface area contributed by atoms with Gasteiger partial charge in [-0.2, -0.15) is 0 Å². The van der Waals surface area contributed by atoms with E-state index in [1.54, 1.807) is 0 Å². The van der Waals surface area contributed by atoms with Gasteiger partial charge in [-0.1, -0.05) is 362 Å². The zero-order valence-corrected chi connectivity index (χ0v) is 69.1. The molecule has 0 saturated carbocycles. The molecule has 0 aromatic heterocycles. The second-order valence-corrected chi connectivity index (χ2v) is 33.2. The minimum Gasteiger partial charge on any atom is -0.462 e. The van der Waals surface area contributed by atoms with E-state index >= 15 is 0 Å². The number of esters is 4. The number of phosphoric acid groups is 2. The molecule has 0 aliphatic carbocycles. The molecule has 19 heteroatoms. The van der Waals surface area contributed by atoms with Crippen LogP contribution in [-0.2, 0) is 65.4 Å². The van der Waals surface area contributed by atoms with Crippen molar-refractivity contribution in [2.45, 2.75) is 433 Å². The third-order valence-electron chi connectivity index (χ3n) is 20.1. The maximum atomic E-state index is 13.1. The lowest BCUT2D eigenvalue weighted by atomic mass is 9.99. The van der Waals surface area contributed by atoms with Crippen LogP contribution >= 0.6 is 15.6 Å². The van der Waals surface area contributed by atoms with Gasteiger partial charge in [0.05, 0.1) is 26.4 Å². The van der Waals surface area contributed by atoms with Gasteiger partial charge in [-0.15, -0.1) is 0 Å².